The fraction of sp³-hybridized carbons (Fsp3) is 0.400. The van der Waals surface area contributed by atoms with Crippen molar-refractivity contribution in [2.24, 2.45) is 0 Å². The van der Waals surface area contributed by atoms with Gasteiger partial charge in [-0.25, -0.2) is 8.78 Å². The first-order chi connectivity index (χ1) is 7.04. The molecule has 1 aromatic rings. The van der Waals surface area contributed by atoms with E-state index in [1.807, 2.05) is 0 Å². The Morgan fingerprint density at radius 1 is 1.47 bits per heavy atom. The van der Waals surface area contributed by atoms with Gasteiger partial charge in [-0.3, -0.25) is 0 Å². The third-order valence-electron chi connectivity index (χ3n) is 1.81. The van der Waals surface area contributed by atoms with E-state index in [4.69, 9.17) is 16.3 Å². The molecule has 0 N–H and O–H groups in total. The lowest BCUT2D eigenvalue weighted by atomic mass is 10.1. The first kappa shape index (κ1) is 12.7. The summed E-state index contributed by atoms with van der Waals surface area (Å²) in [4.78, 5) is 0. The van der Waals surface area contributed by atoms with Gasteiger partial charge in [0.15, 0.2) is 0 Å². The van der Waals surface area contributed by atoms with Gasteiger partial charge in [0, 0.05) is 10.0 Å². The highest BCUT2D eigenvalue weighted by molar-refractivity contribution is 9.10. The smallest absolute Gasteiger partial charge is 0.272 e. The van der Waals surface area contributed by atoms with Crippen LogP contribution in [0, 0.1) is 6.92 Å². The highest BCUT2D eigenvalue weighted by atomic mass is 79.9. The van der Waals surface area contributed by atoms with Crippen molar-refractivity contribution in [3.63, 3.8) is 0 Å². The molecule has 0 radical (unpaired) electrons. The molecule has 0 aliphatic carbocycles. The summed E-state index contributed by atoms with van der Waals surface area (Å²) in [5.41, 5.74) is 1.50. The fourth-order valence-corrected chi connectivity index (χ4v) is 2.07. The maximum atomic E-state index is 12.0. The fourth-order valence-electron chi connectivity index (χ4n) is 1.25. The quantitative estimate of drug-likeness (QED) is 0.759. The molecule has 0 bridgehead atoms. The van der Waals surface area contributed by atoms with Crippen LogP contribution in [0.25, 0.3) is 0 Å². The number of rotatable bonds is 4. The molecule has 0 aliphatic rings. The zero-order chi connectivity index (χ0) is 11.4. The SMILES string of the molecule is Cc1cc(Br)cc(CCl)c1OCC(F)F. The second-order valence-corrected chi connectivity index (χ2v) is 4.23. The van der Waals surface area contributed by atoms with Crippen LogP contribution in [0.3, 0.4) is 0 Å². The molecule has 15 heavy (non-hydrogen) atoms. The van der Waals surface area contributed by atoms with E-state index in [9.17, 15) is 8.78 Å². The Labute approximate surface area is 101 Å². The molecular formula is C10H10BrClF2O. The molecule has 0 fully saturated rings. The molecule has 0 saturated carbocycles. The van der Waals surface area contributed by atoms with Gasteiger partial charge in [0.2, 0.25) is 0 Å². The van der Waals surface area contributed by atoms with E-state index in [1.54, 1.807) is 19.1 Å². The first-order valence-electron chi connectivity index (χ1n) is 4.30. The average molecular weight is 300 g/mol. The van der Waals surface area contributed by atoms with Gasteiger partial charge in [-0.2, -0.15) is 0 Å². The van der Waals surface area contributed by atoms with Gasteiger partial charge in [0.25, 0.3) is 6.43 Å². The van der Waals surface area contributed by atoms with Crippen LogP contribution in [0.4, 0.5) is 8.78 Å². The van der Waals surface area contributed by atoms with Gasteiger partial charge in [0.05, 0.1) is 5.88 Å². The molecule has 0 aliphatic heterocycles. The van der Waals surface area contributed by atoms with Crippen LogP contribution in [0.1, 0.15) is 11.1 Å². The Kier molecular flexibility index (Phi) is 4.80. The number of aryl methyl sites for hydroxylation is 1. The number of benzene rings is 1. The summed E-state index contributed by atoms with van der Waals surface area (Å²) in [7, 11) is 0. The van der Waals surface area contributed by atoms with E-state index in [0.717, 1.165) is 10.0 Å². The lowest BCUT2D eigenvalue weighted by Crippen LogP contribution is -2.09. The highest BCUT2D eigenvalue weighted by Gasteiger charge is 2.11. The van der Waals surface area contributed by atoms with E-state index < -0.39 is 13.0 Å². The molecular weight excluding hydrogens is 289 g/mol. The largest absolute Gasteiger partial charge is 0.487 e. The van der Waals surface area contributed by atoms with Crippen LogP contribution < -0.4 is 4.74 Å². The number of hydrogen-bond acceptors (Lipinski definition) is 1. The Balaban J connectivity index is 2.93. The van der Waals surface area contributed by atoms with E-state index >= 15 is 0 Å². The van der Waals surface area contributed by atoms with Crippen molar-refractivity contribution >= 4 is 27.5 Å². The van der Waals surface area contributed by atoms with Crippen LogP contribution in [0.5, 0.6) is 5.75 Å². The second-order valence-electron chi connectivity index (χ2n) is 3.05. The number of hydrogen-bond donors (Lipinski definition) is 0. The Morgan fingerprint density at radius 2 is 2.13 bits per heavy atom. The monoisotopic (exact) mass is 298 g/mol. The molecule has 0 spiro atoms. The van der Waals surface area contributed by atoms with Crippen LogP contribution in [0.2, 0.25) is 0 Å². The van der Waals surface area contributed by atoms with Crippen LogP contribution >= 0.6 is 27.5 Å². The molecule has 0 aromatic heterocycles. The van der Waals surface area contributed by atoms with Crippen LogP contribution in [-0.4, -0.2) is 13.0 Å². The topological polar surface area (TPSA) is 9.23 Å². The Bertz CT molecular complexity index is 344. The molecule has 84 valence electrons. The van der Waals surface area contributed by atoms with E-state index in [2.05, 4.69) is 15.9 Å². The molecule has 1 rings (SSSR count). The number of ether oxygens (including phenoxy) is 1. The number of alkyl halides is 3. The lowest BCUT2D eigenvalue weighted by molar-refractivity contribution is 0.0812. The zero-order valence-electron chi connectivity index (χ0n) is 8.07. The third kappa shape index (κ3) is 3.61. The molecule has 0 amide bonds. The van der Waals surface area contributed by atoms with Crippen LogP contribution in [-0.2, 0) is 5.88 Å². The van der Waals surface area contributed by atoms with Gasteiger partial charge in [-0.1, -0.05) is 15.9 Å². The molecule has 1 nitrogen and oxygen atoms in total. The molecule has 0 heterocycles. The molecule has 1 aromatic carbocycles. The average Bonchev–Trinajstić information content (AvgIpc) is 2.14. The van der Waals surface area contributed by atoms with Crippen molar-refractivity contribution in [3.05, 3.63) is 27.7 Å². The van der Waals surface area contributed by atoms with Crippen molar-refractivity contribution in [1.29, 1.82) is 0 Å². The lowest BCUT2D eigenvalue weighted by Gasteiger charge is -2.13. The third-order valence-corrected chi connectivity index (χ3v) is 2.56. The predicted molar refractivity (Wildman–Crippen MR) is 59.9 cm³/mol. The summed E-state index contributed by atoms with van der Waals surface area (Å²) in [6.45, 7) is 1.19. The summed E-state index contributed by atoms with van der Waals surface area (Å²) >= 11 is 9.01. The Morgan fingerprint density at radius 3 is 2.67 bits per heavy atom. The van der Waals surface area contributed by atoms with Crippen molar-refractivity contribution in [2.45, 2.75) is 19.2 Å². The van der Waals surface area contributed by atoms with Crippen molar-refractivity contribution < 1.29 is 13.5 Å². The van der Waals surface area contributed by atoms with Gasteiger partial charge < -0.3 is 4.74 Å². The molecule has 0 saturated heterocycles. The second kappa shape index (κ2) is 5.66. The van der Waals surface area contributed by atoms with E-state index in [0.29, 0.717) is 11.3 Å². The molecule has 0 atom stereocenters. The van der Waals surface area contributed by atoms with E-state index in [-0.39, 0.29) is 5.88 Å². The summed E-state index contributed by atoms with van der Waals surface area (Å²) < 4.78 is 29.9. The van der Waals surface area contributed by atoms with Crippen molar-refractivity contribution in [2.75, 3.05) is 6.61 Å². The maximum absolute atomic E-state index is 12.0. The van der Waals surface area contributed by atoms with Gasteiger partial charge in [0.1, 0.15) is 12.4 Å². The van der Waals surface area contributed by atoms with Crippen molar-refractivity contribution in [3.8, 4) is 5.75 Å². The normalized spacial score (nSPS) is 10.8. The summed E-state index contributed by atoms with van der Waals surface area (Å²) in [6.07, 6.45) is -2.48. The molecule has 0 unspecified atom stereocenters. The van der Waals surface area contributed by atoms with Gasteiger partial charge >= 0.3 is 0 Å². The summed E-state index contributed by atoms with van der Waals surface area (Å²) in [6, 6.07) is 3.57. The minimum Gasteiger partial charge on any atom is -0.487 e. The van der Waals surface area contributed by atoms with Crippen LogP contribution in [0.15, 0.2) is 16.6 Å². The van der Waals surface area contributed by atoms with Crippen molar-refractivity contribution in [1.82, 2.24) is 0 Å². The minimum absolute atomic E-state index is 0.235. The first-order valence-corrected chi connectivity index (χ1v) is 5.63. The van der Waals surface area contributed by atoms with Gasteiger partial charge in [-0.05, 0) is 24.6 Å². The summed E-state index contributed by atoms with van der Waals surface area (Å²) in [5, 5.41) is 0. The maximum Gasteiger partial charge on any atom is 0.272 e. The standard InChI is InChI=1S/C10H10BrClF2O/c1-6-2-8(11)3-7(4-12)10(6)15-5-9(13)14/h2-3,9H,4-5H2,1H3. The minimum atomic E-state index is -2.48. The summed E-state index contributed by atoms with van der Waals surface area (Å²) in [5.74, 6) is 0.687. The number of halogens is 4. The van der Waals surface area contributed by atoms with Gasteiger partial charge in [-0.15, -0.1) is 11.6 Å². The zero-order valence-corrected chi connectivity index (χ0v) is 10.4. The Hall–Kier alpha value is -0.350. The predicted octanol–water partition coefficient (Wildman–Crippen LogP) is 4.14. The highest BCUT2D eigenvalue weighted by Crippen LogP contribution is 2.29. The molecule has 5 heteroatoms. The van der Waals surface area contributed by atoms with E-state index in [1.165, 1.54) is 0 Å².